The zero-order valence-corrected chi connectivity index (χ0v) is 13.1. The summed E-state index contributed by atoms with van der Waals surface area (Å²) in [5, 5.41) is 3.85. The highest BCUT2D eigenvalue weighted by atomic mass is 16.5. The van der Waals surface area contributed by atoms with E-state index in [0.717, 1.165) is 26.2 Å². The van der Waals surface area contributed by atoms with Crippen molar-refractivity contribution in [2.45, 2.75) is 77.0 Å². The summed E-state index contributed by atoms with van der Waals surface area (Å²) in [6.07, 6.45) is 7.72. The lowest BCUT2D eigenvalue weighted by Crippen LogP contribution is -2.50. The summed E-state index contributed by atoms with van der Waals surface area (Å²) in [4.78, 5) is 2.50. The van der Waals surface area contributed by atoms with Crippen molar-refractivity contribution in [3.8, 4) is 0 Å². The molecule has 0 amide bonds. The van der Waals surface area contributed by atoms with Gasteiger partial charge in [0, 0.05) is 25.2 Å². The molecule has 2 unspecified atom stereocenters. The summed E-state index contributed by atoms with van der Waals surface area (Å²) in [6.45, 7) is 11.2. The minimum Gasteiger partial charge on any atom is -0.375 e. The highest BCUT2D eigenvalue weighted by Crippen LogP contribution is 2.40. The van der Waals surface area contributed by atoms with Crippen molar-refractivity contribution in [3.63, 3.8) is 0 Å². The molecule has 19 heavy (non-hydrogen) atoms. The fraction of sp³-hybridized carbons (Fsp3) is 1.00. The predicted molar refractivity (Wildman–Crippen MR) is 80.6 cm³/mol. The fourth-order valence-electron chi connectivity index (χ4n) is 3.86. The Bertz CT molecular complexity index is 259. The molecular formula is C16H32N2O. The van der Waals surface area contributed by atoms with E-state index in [9.17, 15) is 0 Å². The molecule has 1 saturated heterocycles. The van der Waals surface area contributed by atoms with Crippen molar-refractivity contribution < 1.29 is 4.74 Å². The number of nitrogens with zero attached hydrogens (tertiary/aromatic N) is 1. The molecule has 0 aromatic heterocycles. The number of ether oxygens (including phenoxy) is 1. The first-order valence-corrected chi connectivity index (χ1v) is 8.30. The topological polar surface area (TPSA) is 24.5 Å². The van der Waals surface area contributed by atoms with Crippen LogP contribution in [0.15, 0.2) is 0 Å². The first kappa shape index (κ1) is 15.3. The summed E-state index contributed by atoms with van der Waals surface area (Å²) in [7, 11) is 0. The van der Waals surface area contributed by atoms with Crippen LogP contribution in [0.2, 0.25) is 0 Å². The summed E-state index contributed by atoms with van der Waals surface area (Å²) >= 11 is 0. The lowest BCUT2D eigenvalue weighted by molar-refractivity contribution is -0.0847. The van der Waals surface area contributed by atoms with E-state index in [1.54, 1.807) is 0 Å². The van der Waals surface area contributed by atoms with Gasteiger partial charge in [0.25, 0.3) is 0 Å². The van der Waals surface area contributed by atoms with Gasteiger partial charge in [-0.3, -0.25) is 0 Å². The number of hydrogen-bond donors (Lipinski definition) is 1. The molecule has 1 heterocycles. The molecule has 1 aliphatic heterocycles. The molecule has 1 saturated carbocycles. The Morgan fingerprint density at radius 2 is 1.95 bits per heavy atom. The molecule has 1 aliphatic carbocycles. The van der Waals surface area contributed by atoms with Gasteiger partial charge >= 0.3 is 0 Å². The molecule has 2 fully saturated rings. The first-order valence-electron chi connectivity index (χ1n) is 8.30. The van der Waals surface area contributed by atoms with E-state index < -0.39 is 0 Å². The standard InChI is InChI=1S/C16H32N2O/c1-4-18(5-2)13-14(3)17-15-8-11-19-16(12-15)9-6-7-10-16/h14-15,17H,4-13H2,1-3H3. The van der Waals surface area contributed by atoms with E-state index in [0.29, 0.717) is 12.1 Å². The van der Waals surface area contributed by atoms with Gasteiger partial charge in [-0.05, 0) is 45.7 Å². The second-order valence-corrected chi connectivity index (χ2v) is 6.48. The Labute approximate surface area is 119 Å². The molecule has 0 aromatic rings. The quantitative estimate of drug-likeness (QED) is 0.801. The van der Waals surface area contributed by atoms with E-state index >= 15 is 0 Å². The maximum absolute atomic E-state index is 6.11. The lowest BCUT2D eigenvalue weighted by Gasteiger charge is -2.40. The molecule has 1 N–H and O–H groups in total. The minimum absolute atomic E-state index is 0.241. The van der Waals surface area contributed by atoms with Crippen LogP contribution in [0.1, 0.15) is 59.3 Å². The number of nitrogens with one attached hydrogen (secondary N) is 1. The maximum Gasteiger partial charge on any atom is 0.0697 e. The van der Waals surface area contributed by atoms with Gasteiger partial charge in [-0.25, -0.2) is 0 Å². The van der Waals surface area contributed by atoms with Gasteiger partial charge in [0.15, 0.2) is 0 Å². The molecule has 112 valence electrons. The van der Waals surface area contributed by atoms with Crippen LogP contribution in [0.4, 0.5) is 0 Å². The molecule has 3 nitrogen and oxygen atoms in total. The van der Waals surface area contributed by atoms with Gasteiger partial charge in [0.05, 0.1) is 5.60 Å². The van der Waals surface area contributed by atoms with Gasteiger partial charge in [0.2, 0.25) is 0 Å². The van der Waals surface area contributed by atoms with Gasteiger partial charge in [-0.15, -0.1) is 0 Å². The number of hydrogen-bond acceptors (Lipinski definition) is 3. The van der Waals surface area contributed by atoms with E-state index in [4.69, 9.17) is 4.74 Å². The van der Waals surface area contributed by atoms with Gasteiger partial charge in [-0.2, -0.15) is 0 Å². The molecule has 2 aliphatic rings. The average molecular weight is 268 g/mol. The molecule has 2 rings (SSSR count). The third-order valence-electron chi connectivity index (χ3n) is 4.95. The van der Waals surface area contributed by atoms with Crippen molar-refractivity contribution in [1.82, 2.24) is 10.2 Å². The summed E-state index contributed by atoms with van der Waals surface area (Å²) in [5.41, 5.74) is 0.241. The second kappa shape index (κ2) is 7.05. The molecule has 3 heteroatoms. The van der Waals surface area contributed by atoms with Crippen LogP contribution in [-0.4, -0.2) is 48.8 Å². The van der Waals surface area contributed by atoms with Gasteiger partial charge in [0.1, 0.15) is 0 Å². The highest BCUT2D eigenvalue weighted by Gasteiger charge is 2.39. The fourth-order valence-corrected chi connectivity index (χ4v) is 3.86. The minimum atomic E-state index is 0.241. The third kappa shape index (κ3) is 4.17. The Kier molecular flexibility index (Phi) is 5.67. The van der Waals surface area contributed by atoms with Crippen molar-refractivity contribution >= 4 is 0 Å². The van der Waals surface area contributed by atoms with E-state index in [1.807, 2.05) is 0 Å². The Hall–Kier alpha value is -0.120. The van der Waals surface area contributed by atoms with Crippen LogP contribution in [0, 0.1) is 0 Å². The van der Waals surface area contributed by atoms with Crippen molar-refractivity contribution in [2.75, 3.05) is 26.2 Å². The first-order chi connectivity index (χ1) is 9.17. The van der Waals surface area contributed by atoms with Gasteiger partial charge < -0.3 is 15.0 Å². The lowest BCUT2D eigenvalue weighted by atomic mass is 9.88. The number of rotatable bonds is 6. The zero-order chi connectivity index (χ0) is 13.7. The van der Waals surface area contributed by atoms with Crippen LogP contribution in [0.3, 0.4) is 0 Å². The van der Waals surface area contributed by atoms with Crippen molar-refractivity contribution in [3.05, 3.63) is 0 Å². The molecular weight excluding hydrogens is 236 g/mol. The van der Waals surface area contributed by atoms with Crippen LogP contribution < -0.4 is 5.32 Å². The van der Waals surface area contributed by atoms with Crippen molar-refractivity contribution in [1.29, 1.82) is 0 Å². The molecule has 0 aromatic carbocycles. The second-order valence-electron chi connectivity index (χ2n) is 6.48. The monoisotopic (exact) mass is 268 g/mol. The summed E-state index contributed by atoms with van der Waals surface area (Å²) < 4.78 is 6.11. The summed E-state index contributed by atoms with van der Waals surface area (Å²) in [6, 6.07) is 1.25. The van der Waals surface area contributed by atoms with Gasteiger partial charge in [-0.1, -0.05) is 26.7 Å². The molecule has 0 radical (unpaired) electrons. The smallest absolute Gasteiger partial charge is 0.0697 e. The predicted octanol–water partition coefficient (Wildman–Crippen LogP) is 2.80. The zero-order valence-electron chi connectivity index (χ0n) is 13.1. The number of likely N-dealkylation sites (N-methyl/N-ethyl adjacent to an activating group) is 1. The van der Waals surface area contributed by atoms with E-state index in [2.05, 4.69) is 31.0 Å². The van der Waals surface area contributed by atoms with E-state index in [-0.39, 0.29) is 5.60 Å². The molecule has 0 bridgehead atoms. The molecule has 2 atom stereocenters. The normalized spacial score (nSPS) is 28.1. The highest BCUT2D eigenvalue weighted by molar-refractivity contribution is 4.94. The Balaban J connectivity index is 1.78. The van der Waals surface area contributed by atoms with E-state index in [1.165, 1.54) is 38.5 Å². The SMILES string of the molecule is CCN(CC)CC(C)NC1CCOC2(CCCC2)C1. The maximum atomic E-state index is 6.11. The average Bonchev–Trinajstić information content (AvgIpc) is 2.84. The largest absolute Gasteiger partial charge is 0.375 e. The van der Waals surface area contributed by atoms with Crippen molar-refractivity contribution in [2.24, 2.45) is 0 Å². The summed E-state index contributed by atoms with van der Waals surface area (Å²) in [5.74, 6) is 0. The Morgan fingerprint density at radius 1 is 1.26 bits per heavy atom. The van der Waals surface area contributed by atoms with Crippen LogP contribution in [-0.2, 0) is 4.74 Å². The third-order valence-corrected chi connectivity index (χ3v) is 4.95. The Morgan fingerprint density at radius 3 is 2.58 bits per heavy atom. The van der Waals surface area contributed by atoms with Crippen LogP contribution >= 0.6 is 0 Å². The van der Waals surface area contributed by atoms with Crippen LogP contribution in [0.25, 0.3) is 0 Å². The molecule has 1 spiro atoms. The van der Waals surface area contributed by atoms with Crippen LogP contribution in [0.5, 0.6) is 0 Å².